The molecule has 9 nitrogen and oxygen atoms in total. The second kappa shape index (κ2) is 9.72. The van der Waals surface area contributed by atoms with Crippen LogP contribution in [0.5, 0.6) is 0 Å². The van der Waals surface area contributed by atoms with E-state index in [2.05, 4.69) is 33.0 Å². The van der Waals surface area contributed by atoms with Crippen LogP contribution >= 0.6 is 0 Å². The van der Waals surface area contributed by atoms with Gasteiger partial charge in [-0.2, -0.15) is 5.10 Å². The predicted octanol–water partition coefficient (Wildman–Crippen LogP) is 3.20. The van der Waals surface area contributed by atoms with Gasteiger partial charge in [0.15, 0.2) is 0 Å². The highest BCUT2D eigenvalue weighted by atomic mass is 16.5. The fourth-order valence-electron chi connectivity index (χ4n) is 5.63. The number of nitrogens with zero attached hydrogens (tertiary/aromatic N) is 5. The summed E-state index contributed by atoms with van der Waals surface area (Å²) in [7, 11) is 0. The van der Waals surface area contributed by atoms with Gasteiger partial charge in [0.1, 0.15) is 0 Å². The Labute approximate surface area is 215 Å². The molecule has 37 heavy (non-hydrogen) atoms. The molecular formula is C28H32N6O3. The molecular weight excluding hydrogens is 468 g/mol. The molecule has 4 aromatic rings. The standard InChI is InChI=1S/C28H32N6O3/c1-18-13-25-23(26-24(27(35)31-25)16-30-34(26)21-4-11-37-12-5-21)14-22(18)28(36)33-9-7-32(8-10-33)17-20-3-6-29-15-19(20)2/h3,6,13-16,21H,4-5,7-12,17H2,1-2H3,(H,31,35). The molecule has 2 saturated heterocycles. The molecule has 3 aromatic heterocycles. The predicted molar refractivity (Wildman–Crippen MR) is 142 cm³/mol. The number of hydrogen-bond donors (Lipinski definition) is 1. The maximum absolute atomic E-state index is 13.7. The molecule has 0 radical (unpaired) electrons. The Morgan fingerprint density at radius 3 is 2.59 bits per heavy atom. The van der Waals surface area contributed by atoms with Crippen molar-refractivity contribution in [3.63, 3.8) is 0 Å². The zero-order valence-corrected chi connectivity index (χ0v) is 21.4. The van der Waals surface area contributed by atoms with Gasteiger partial charge >= 0.3 is 0 Å². The minimum absolute atomic E-state index is 0.0376. The van der Waals surface area contributed by atoms with Crippen LogP contribution in [0.3, 0.4) is 0 Å². The zero-order chi connectivity index (χ0) is 25.5. The molecule has 1 N–H and O–H groups in total. The van der Waals surface area contributed by atoms with Gasteiger partial charge in [-0.25, -0.2) is 0 Å². The van der Waals surface area contributed by atoms with E-state index in [9.17, 15) is 9.59 Å². The largest absolute Gasteiger partial charge is 0.381 e. The zero-order valence-electron chi connectivity index (χ0n) is 21.4. The van der Waals surface area contributed by atoms with Gasteiger partial charge in [0, 0.05) is 69.3 Å². The summed E-state index contributed by atoms with van der Waals surface area (Å²) in [4.78, 5) is 38.1. The number of piperazine rings is 1. The number of aryl methyl sites for hydroxylation is 2. The second-order valence-electron chi connectivity index (χ2n) is 10.2. The highest BCUT2D eigenvalue weighted by Gasteiger charge is 2.26. The highest BCUT2D eigenvalue weighted by Crippen LogP contribution is 2.30. The summed E-state index contributed by atoms with van der Waals surface area (Å²) >= 11 is 0. The average Bonchev–Trinajstić information content (AvgIpc) is 3.37. The fraction of sp³-hybridized carbons (Fsp3) is 0.429. The number of pyridine rings is 2. The SMILES string of the molecule is Cc1cnccc1CN1CCN(C(=O)c2cc3c(cc2C)[nH]c(=O)c2cnn(C4CCOCC4)c23)CC1. The Bertz CT molecular complexity index is 1530. The third-order valence-corrected chi connectivity index (χ3v) is 7.86. The normalized spacial score (nSPS) is 17.6. The Morgan fingerprint density at radius 1 is 1.05 bits per heavy atom. The van der Waals surface area contributed by atoms with Crippen molar-refractivity contribution in [1.29, 1.82) is 0 Å². The Kier molecular flexibility index (Phi) is 6.26. The van der Waals surface area contributed by atoms with E-state index in [0.29, 0.717) is 37.3 Å². The van der Waals surface area contributed by atoms with Crippen LogP contribution in [0.4, 0.5) is 0 Å². The van der Waals surface area contributed by atoms with Crippen LogP contribution in [-0.2, 0) is 11.3 Å². The number of ether oxygens (including phenoxy) is 1. The third kappa shape index (κ3) is 4.42. The van der Waals surface area contributed by atoms with Crippen LogP contribution in [0.1, 0.15) is 45.9 Å². The second-order valence-corrected chi connectivity index (χ2v) is 10.2. The van der Waals surface area contributed by atoms with Crippen molar-refractivity contribution in [2.75, 3.05) is 39.4 Å². The summed E-state index contributed by atoms with van der Waals surface area (Å²) < 4.78 is 7.51. The van der Waals surface area contributed by atoms with Crippen molar-refractivity contribution < 1.29 is 9.53 Å². The molecule has 0 atom stereocenters. The number of carbonyl (C=O) groups is 1. The van der Waals surface area contributed by atoms with Crippen LogP contribution in [0.25, 0.3) is 21.8 Å². The van der Waals surface area contributed by atoms with Crippen LogP contribution < -0.4 is 5.56 Å². The lowest BCUT2D eigenvalue weighted by Crippen LogP contribution is -2.48. The van der Waals surface area contributed by atoms with E-state index in [1.807, 2.05) is 41.0 Å². The number of hydrogen-bond acceptors (Lipinski definition) is 6. The summed E-state index contributed by atoms with van der Waals surface area (Å²) in [5.74, 6) is 0.0376. The molecule has 0 saturated carbocycles. The smallest absolute Gasteiger partial charge is 0.259 e. The van der Waals surface area contributed by atoms with Crippen LogP contribution in [0.2, 0.25) is 0 Å². The summed E-state index contributed by atoms with van der Waals surface area (Å²) in [6.07, 6.45) is 7.09. The lowest BCUT2D eigenvalue weighted by atomic mass is 10.0. The molecule has 9 heteroatoms. The van der Waals surface area contributed by atoms with Crippen molar-refractivity contribution >= 4 is 27.7 Å². The molecule has 1 aromatic carbocycles. The third-order valence-electron chi connectivity index (χ3n) is 7.86. The first-order valence-electron chi connectivity index (χ1n) is 13.0. The van der Waals surface area contributed by atoms with E-state index < -0.39 is 0 Å². The lowest BCUT2D eigenvalue weighted by Gasteiger charge is -2.35. The quantitative estimate of drug-likeness (QED) is 0.462. The van der Waals surface area contributed by atoms with E-state index in [0.717, 1.165) is 54.5 Å². The molecule has 192 valence electrons. The number of rotatable bonds is 4. The molecule has 5 heterocycles. The molecule has 6 rings (SSSR count). The van der Waals surface area contributed by atoms with Gasteiger partial charge < -0.3 is 14.6 Å². The number of amides is 1. The molecule has 0 aliphatic carbocycles. The first-order chi connectivity index (χ1) is 18.0. The topological polar surface area (TPSA) is 96.4 Å². The summed E-state index contributed by atoms with van der Waals surface area (Å²) in [5, 5.41) is 6.02. The number of carbonyl (C=O) groups excluding carboxylic acids is 1. The fourth-order valence-corrected chi connectivity index (χ4v) is 5.63. The van der Waals surface area contributed by atoms with Crippen LogP contribution in [-0.4, -0.2) is 74.8 Å². The van der Waals surface area contributed by atoms with Gasteiger partial charge in [-0.05, 0) is 61.6 Å². The van der Waals surface area contributed by atoms with Gasteiger partial charge in [-0.3, -0.25) is 24.2 Å². The molecule has 2 fully saturated rings. The number of nitrogens with one attached hydrogen (secondary N) is 1. The van der Waals surface area contributed by atoms with Gasteiger partial charge in [0.2, 0.25) is 0 Å². The van der Waals surface area contributed by atoms with E-state index in [1.165, 1.54) is 11.1 Å². The number of aromatic amines is 1. The highest BCUT2D eigenvalue weighted by molar-refractivity contribution is 6.07. The van der Waals surface area contributed by atoms with Crippen molar-refractivity contribution in [3.8, 4) is 0 Å². The maximum Gasteiger partial charge on any atom is 0.259 e. The van der Waals surface area contributed by atoms with Crippen LogP contribution in [0, 0.1) is 13.8 Å². The minimum Gasteiger partial charge on any atom is -0.381 e. The molecule has 2 aliphatic heterocycles. The number of benzene rings is 1. The van der Waals surface area contributed by atoms with Gasteiger partial charge in [-0.15, -0.1) is 0 Å². The maximum atomic E-state index is 13.7. The van der Waals surface area contributed by atoms with E-state index in [-0.39, 0.29) is 17.5 Å². The monoisotopic (exact) mass is 500 g/mol. The van der Waals surface area contributed by atoms with Crippen molar-refractivity contribution in [1.82, 2.24) is 29.5 Å². The summed E-state index contributed by atoms with van der Waals surface area (Å²) in [6, 6.07) is 6.12. The molecule has 0 spiro atoms. The van der Waals surface area contributed by atoms with Crippen LogP contribution in [0.15, 0.2) is 41.6 Å². The lowest BCUT2D eigenvalue weighted by molar-refractivity contribution is 0.0627. The Morgan fingerprint density at radius 2 is 1.84 bits per heavy atom. The number of fused-ring (bicyclic) bond motifs is 3. The Hall–Kier alpha value is -3.56. The van der Waals surface area contributed by atoms with E-state index in [1.54, 1.807) is 6.20 Å². The minimum atomic E-state index is -0.153. The van der Waals surface area contributed by atoms with E-state index >= 15 is 0 Å². The first-order valence-corrected chi connectivity index (χ1v) is 13.0. The van der Waals surface area contributed by atoms with Gasteiger partial charge in [0.25, 0.3) is 11.5 Å². The first kappa shape index (κ1) is 23.8. The summed E-state index contributed by atoms with van der Waals surface area (Å²) in [5.41, 5.74) is 5.39. The molecule has 1 amide bonds. The average molecular weight is 501 g/mol. The van der Waals surface area contributed by atoms with E-state index in [4.69, 9.17) is 4.74 Å². The molecule has 0 unspecified atom stereocenters. The molecule has 0 bridgehead atoms. The number of aromatic nitrogens is 4. The van der Waals surface area contributed by atoms with Crippen molar-refractivity contribution in [2.24, 2.45) is 0 Å². The van der Waals surface area contributed by atoms with Gasteiger partial charge in [0.05, 0.1) is 28.7 Å². The van der Waals surface area contributed by atoms with Gasteiger partial charge in [-0.1, -0.05) is 0 Å². The van der Waals surface area contributed by atoms with Crippen molar-refractivity contribution in [3.05, 3.63) is 69.4 Å². The summed E-state index contributed by atoms with van der Waals surface area (Å²) in [6.45, 7) is 9.28. The van der Waals surface area contributed by atoms with Crippen molar-refractivity contribution in [2.45, 2.75) is 39.3 Å². The number of H-pyrrole nitrogens is 1. The molecule has 2 aliphatic rings. The Balaban J connectivity index is 1.29.